The van der Waals surface area contributed by atoms with Gasteiger partial charge in [-0.2, -0.15) is 0 Å². The van der Waals surface area contributed by atoms with Gasteiger partial charge < -0.3 is 5.73 Å². The highest BCUT2D eigenvalue weighted by Gasteiger charge is 1.95. The van der Waals surface area contributed by atoms with Crippen LogP contribution in [0.3, 0.4) is 0 Å². The fourth-order valence-corrected chi connectivity index (χ4v) is 0.929. The molecular formula is C11H19N. The third kappa shape index (κ3) is 5.78. The molecule has 12 heavy (non-hydrogen) atoms. The molecule has 1 heteroatoms. The fourth-order valence-electron chi connectivity index (χ4n) is 0.929. The molecule has 0 fully saturated rings. The molecule has 0 aromatic heterocycles. The van der Waals surface area contributed by atoms with E-state index in [1.165, 1.54) is 5.57 Å². The molecule has 1 nitrogen and oxygen atoms in total. The molecular weight excluding hydrogens is 146 g/mol. The van der Waals surface area contributed by atoms with Crippen molar-refractivity contribution in [2.45, 2.75) is 27.2 Å². The first-order valence-corrected chi connectivity index (χ1v) is 4.31. The predicted molar refractivity (Wildman–Crippen MR) is 55.7 cm³/mol. The van der Waals surface area contributed by atoms with Gasteiger partial charge in [0.25, 0.3) is 0 Å². The van der Waals surface area contributed by atoms with Crippen molar-refractivity contribution in [3.63, 3.8) is 0 Å². The monoisotopic (exact) mass is 165 g/mol. The molecule has 0 aliphatic heterocycles. The summed E-state index contributed by atoms with van der Waals surface area (Å²) >= 11 is 0. The van der Waals surface area contributed by atoms with E-state index >= 15 is 0 Å². The Bertz CT molecular complexity index is 193. The van der Waals surface area contributed by atoms with E-state index in [-0.39, 0.29) is 0 Å². The van der Waals surface area contributed by atoms with E-state index in [1.807, 2.05) is 25.2 Å². The first-order valence-electron chi connectivity index (χ1n) is 4.31. The van der Waals surface area contributed by atoms with E-state index in [1.54, 1.807) is 0 Å². The van der Waals surface area contributed by atoms with Gasteiger partial charge in [-0.3, -0.25) is 0 Å². The van der Waals surface area contributed by atoms with Crippen LogP contribution in [0.15, 0.2) is 36.1 Å². The maximum Gasteiger partial charge on any atom is 0.00489 e. The van der Waals surface area contributed by atoms with Crippen molar-refractivity contribution in [1.82, 2.24) is 0 Å². The van der Waals surface area contributed by atoms with Crippen molar-refractivity contribution in [2.24, 2.45) is 11.7 Å². The van der Waals surface area contributed by atoms with Crippen molar-refractivity contribution in [3.05, 3.63) is 36.1 Å². The van der Waals surface area contributed by atoms with Crippen LogP contribution in [0.1, 0.15) is 27.2 Å². The molecule has 0 amide bonds. The molecule has 0 saturated heterocycles. The maximum atomic E-state index is 5.51. The van der Waals surface area contributed by atoms with Gasteiger partial charge in [0.1, 0.15) is 0 Å². The van der Waals surface area contributed by atoms with Crippen molar-refractivity contribution < 1.29 is 0 Å². The van der Waals surface area contributed by atoms with Crippen LogP contribution < -0.4 is 5.73 Å². The van der Waals surface area contributed by atoms with Crippen molar-refractivity contribution >= 4 is 0 Å². The largest absolute Gasteiger partial charge is 0.402 e. The number of allylic oxidation sites excluding steroid dienone is 5. The Kier molecular flexibility index (Phi) is 5.18. The van der Waals surface area contributed by atoms with Crippen LogP contribution in [-0.4, -0.2) is 0 Å². The fraction of sp³-hybridized carbons (Fsp3) is 0.455. The summed E-state index contributed by atoms with van der Waals surface area (Å²) in [5.74, 6) is 0.667. The molecule has 68 valence electrons. The van der Waals surface area contributed by atoms with Gasteiger partial charge in [-0.1, -0.05) is 32.6 Å². The van der Waals surface area contributed by atoms with E-state index in [4.69, 9.17) is 5.73 Å². The quantitative estimate of drug-likeness (QED) is 0.637. The lowest BCUT2D eigenvalue weighted by Crippen LogP contribution is -1.91. The van der Waals surface area contributed by atoms with Crippen molar-refractivity contribution in [3.8, 4) is 0 Å². The van der Waals surface area contributed by atoms with Crippen LogP contribution in [-0.2, 0) is 0 Å². The summed E-state index contributed by atoms with van der Waals surface area (Å²) < 4.78 is 0. The summed E-state index contributed by atoms with van der Waals surface area (Å²) in [5.41, 5.74) is 7.59. The minimum Gasteiger partial charge on any atom is -0.402 e. The highest BCUT2D eigenvalue weighted by molar-refractivity contribution is 5.23. The molecule has 0 radical (unpaired) electrons. The molecule has 0 saturated carbocycles. The molecule has 0 spiro atoms. The Morgan fingerprint density at radius 2 is 2.00 bits per heavy atom. The molecule has 0 unspecified atom stereocenters. The summed E-state index contributed by atoms with van der Waals surface area (Å²) in [6.45, 7) is 10.0. The van der Waals surface area contributed by atoms with E-state index in [0.29, 0.717) is 5.92 Å². The highest BCUT2D eigenvalue weighted by Crippen LogP contribution is 2.11. The Morgan fingerprint density at radius 1 is 1.42 bits per heavy atom. The van der Waals surface area contributed by atoms with Crippen LogP contribution in [0, 0.1) is 5.92 Å². The Balaban J connectivity index is 4.24. The van der Waals surface area contributed by atoms with Crippen LogP contribution in [0.4, 0.5) is 0 Å². The van der Waals surface area contributed by atoms with Crippen LogP contribution in [0.25, 0.3) is 0 Å². The SMILES string of the molecule is C=C/C(=C\C=C(\C)N)CC(C)C. The molecule has 0 aliphatic carbocycles. The summed E-state index contributed by atoms with van der Waals surface area (Å²) in [4.78, 5) is 0. The molecule has 0 aromatic carbocycles. The molecule has 0 atom stereocenters. The second-order valence-corrected chi connectivity index (χ2v) is 3.45. The molecule has 0 aromatic rings. The predicted octanol–water partition coefficient (Wildman–Crippen LogP) is 3.01. The Labute approximate surface area is 75.7 Å². The zero-order chi connectivity index (χ0) is 9.56. The van der Waals surface area contributed by atoms with Crippen molar-refractivity contribution in [2.75, 3.05) is 0 Å². The third-order valence-corrected chi connectivity index (χ3v) is 1.47. The standard InChI is InChI=1S/C11H19N/c1-5-11(8-9(2)3)7-6-10(4)12/h5-7,9H,1,8,12H2,2-4H3/b10-6-,11-7+. The van der Waals surface area contributed by atoms with Gasteiger partial charge in [0, 0.05) is 5.70 Å². The number of hydrogen-bond acceptors (Lipinski definition) is 1. The summed E-state index contributed by atoms with van der Waals surface area (Å²) in [6.07, 6.45) is 6.90. The van der Waals surface area contributed by atoms with E-state index in [9.17, 15) is 0 Å². The smallest absolute Gasteiger partial charge is 0.00489 e. The topological polar surface area (TPSA) is 26.0 Å². The van der Waals surface area contributed by atoms with Gasteiger partial charge in [-0.15, -0.1) is 0 Å². The van der Waals surface area contributed by atoms with Crippen LogP contribution in [0.5, 0.6) is 0 Å². The minimum atomic E-state index is 0.667. The maximum absolute atomic E-state index is 5.51. The highest BCUT2D eigenvalue weighted by atomic mass is 14.5. The molecule has 0 aliphatic rings. The normalized spacial score (nSPS) is 13.7. The van der Waals surface area contributed by atoms with E-state index in [0.717, 1.165) is 12.1 Å². The lowest BCUT2D eigenvalue weighted by Gasteiger charge is -2.03. The third-order valence-electron chi connectivity index (χ3n) is 1.47. The Hall–Kier alpha value is -0.980. The van der Waals surface area contributed by atoms with E-state index in [2.05, 4.69) is 20.4 Å². The average Bonchev–Trinajstić information content (AvgIpc) is 1.97. The van der Waals surface area contributed by atoms with Gasteiger partial charge in [-0.05, 0) is 30.9 Å². The van der Waals surface area contributed by atoms with Crippen LogP contribution >= 0.6 is 0 Å². The van der Waals surface area contributed by atoms with Gasteiger partial charge in [0.05, 0.1) is 0 Å². The first-order chi connectivity index (χ1) is 5.56. The summed E-state index contributed by atoms with van der Waals surface area (Å²) in [5, 5.41) is 0. The average molecular weight is 165 g/mol. The first kappa shape index (κ1) is 11.0. The summed E-state index contributed by atoms with van der Waals surface area (Å²) in [7, 11) is 0. The molecule has 0 rings (SSSR count). The minimum absolute atomic E-state index is 0.667. The van der Waals surface area contributed by atoms with E-state index < -0.39 is 0 Å². The number of rotatable bonds is 4. The van der Waals surface area contributed by atoms with Crippen molar-refractivity contribution in [1.29, 1.82) is 0 Å². The summed E-state index contributed by atoms with van der Waals surface area (Å²) in [6, 6.07) is 0. The zero-order valence-corrected chi connectivity index (χ0v) is 8.30. The van der Waals surface area contributed by atoms with Gasteiger partial charge in [-0.25, -0.2) is 0 Å². The number of nitrogens with two attached hydrogens (primary N) is 1. The molecule has 0 bridgehead atoms. The second kappa shape index (κ2) is 5.64. The number of hydrogen-bond donors (Lipinski definition) is 1. The Morgan fingerprint density at radius 3 is 2.33 bits per heavy atom. The van der Waals surface area contributed by atoms with Gasteiger partial charge in [0.15, 0.2) is 0 Å². The van der Waals surface area contributed by atoms with Crippen LogP contribution in [0.2, 0.25) is 0 Å². The van der Waals surface area contributed by atoms with Gasteiger partial charge in [0.2, 0.25) is 0 Å². The second-order valence-electron chi connectivity index (χ2n) is 3.45. The molecule has 2 N–H and O–H groups in total. The lowest BCUT2D eigenvalue weighted by molar-refractivity contribution is 0.650. The molecule has 0 heterocycles. The lowest BCUT2D eigenvalue weighted by atomic mass is 10.0. The zero-order valence-electron chi connectivity index (χ0n) is 8.30. The van der Waals surface area contributed by atoms with Gasteiger partial charge >= 0.3 is 0 Å².